The second-order valence-electron chi connectivity index (χ2n) is 3.79. The first kappa shape index (κ1) is 11.6. The molecule has 0 aliphatic heterocycles. The minimum atomic E-state index is -0.150. The van der Waals surface area contributed by atoms with Crippen LogP contribution in [-0.4, -0.2) is 16.5 Å². The molecule has 0 fully saturated rings. The van der Waals surface area contributed by atoms with Crippen molar-refractivity contribution in [3.05, 3.63) is 22.8 Å². The van der Waals surface area contributed by atoms with Gasteiger partial charge in [-0.3, -0.25) is 4.79 Å². The molecule has 0 heterocycles. The van der Waals surface area contributed by atoms with Crippen LogP contribution in [-0.2, 0) is 0 Å². The van der Waals surface area contributed by atoms with Crippen molar-refractivity contribution in [3.8, 4) is 11.5 Å². The van der Waals surface area contributed by atoms with E-state index in [0.717, 1.165) is 12.0 Å². The highest BCUT2D eigenvalue weighted by molar-refractivity contribution is 5.83. The Balaban J connectivity index is 3.50. The van der Waals surface area contributed by atoms with Crippen molar-refractivity contribution in [2.24, 2.45) is 0 Å². The van der Waals surface area contributed by atoms with Crippen molar-refractivity contribution in [2.45, 2.75) is 33.1 Å². The van der Waals surface area contributed by atoms with Crippen LogP contribution in [0.15, 0.2) is 6.07 Å². The molecule has 0 aromatic heterocycles. The molecule has 3 nitrogen and oxygen atoms in total. The smallest absolute Gasteiger partial charge is 0.154 e. The first-order valence-electron chi connectivity index (χ1n) is 5.03. The van der Waals surface area contributed by atoms with Gasteiger partial charge in [-0.25, -0.2) is 0 Å². The van der Waals surface area contributed by atoms with Crippen molar-refractivity contribution >= 4 is 6.29 Å². The van der Waals surface area contributed by atoms with Crippen molar-refractivity contribution < 1.29 is 15.0 Å². The van der Waals surface area contributed by atoms with Gasteiger partial charge >= 0.3 is 0 Å². The SMILES string of the molecule is CC[C@H](C)c1c(C)c(O)cc(O)c1C=O. The van der Waals surface area contributed by atoms with E-state index in [9.17, 15) is 15.0 Å². The van der Waals surface area contributed by atoms with Crippen LogP contribution in [0.2, 0.25) is 0 Å². The number of phenols is 2. The Morgan fingerprint density at radius 1 is 1.40 bits per heavy atom. The van der Waals surface area contributed by atoms with Crippen LogP contribution in [0, 0.1) is 6.92 Å². The zero-order chi connectivity index (χ0) is 11.6. The number of benzene rings is 1. The highest BCUT2D eigenvalue weighted by Gasteiger charge is 2.18. The number of carbonyl (C=O) groups is 1. The van der Waals surface area contributed by atoms with E-state index >= 15 is 0 Å². The van der Waals surface area contributed by atoms with Gasteiger partial charge < -0.3 is 10.2 Å². The van der Waals surface area contributed by atoms with Crippen LogP contribution in [0.1, 0.15) is 47.7 Å². The summed E-state index contributed by atoms with van der Waals surface area (Å²) < 4.78 is 0. The highest BCUT2D eigenvalue weighted by atomic mass is 16.3. The standard InChI is InChI=1S/C12H16O3/c1-4-7(2)12-8(3)10(14)5-11(15)9(12)6-13/h5-7,14-15H,4H2,1-3H3/t7-/m0/s1. The molecule has 0 amide bonds. The van der Waals surface area contributed by atoms with Crippen LogP contribution < -0.4 is 0 Å². The molecule has 1 atom stereocenters. The molecule has 15 heavy (non-hydrogen) atoms. The maximum absolute atomic E-state index is 10.9. The molecule has 0 spiro atoms. The molecule has 0 radical (unpaired) electrons. The van der Waals surface area contributed by atoms with Gasteiger partial charge in [0.25, 0.3) is 0 Å². The molecule has 0 bridgehead atoms. The fraction of sp³-hybridized carbons (Fsp3) is 0.417. The van der Waals surface area contributed by atoms with Gasteiger partial charge in [-0.2, -0.15) is 0 Å². The zero-order valence-corrected chi connectivity index (χ0v) is 9.24. The van der Waals surface area contributed by atoms with E-state index in [1.165, 1.54) is 6.07 Å². The van der Waals surface area contributed by atoms with E-state index in [1.807, 2.05) is 13.8 Å². The number of aldehydes is 1. The zero-order valence-electron chi connectivity index (χ0n) is 9.24. The number of hydrogen-bond donors (Lipinski definition) is 2. The summed E-state index contributed by atoms with van der Waals surface area (Å²) in [6, 6.07) is 1.21. The minimum absolute atomic E-state index is 0.0356. The van der Waals surface area contributed by atoms with Crippen LogP contribution in [0.3, 0.4) is 0 Å². The number of aromatic hydroxyl groups is 2. The Morgan fingerprint density at radius 2 is 2.00 bits per heavy atom. The number of hydrogen-bond acceptors (Lipinski definition) is 3. The van der Waals surface area contributed by atoms with Crippen LogP contribution in [0.5, 0.6) is 11.5 Å². The summed E-state index contributed by atoms with van der Waals surface area (Å²) in [6.45, 7) is 5.72. The third-order valence-electron chi connectivity index (χ3n) is 2.85. The van der Waals surface area contributed by atoms with E-state index in [-0.39, 0.29) is 17.4 Å². The second-order valence-corrected chi connectivity index (χ2v) is 3.79. The molecule has 0 unspecified atom stereocenters. The van der Waals surface area contributed by atoms with E-state index in [4.69, 9.17) is 0 Å². The first-order chi connectivity index (χ1) is 7.02. The Hall–Kier alpha value is -1.51. The average molecular weight is 208 g/mol. The van der Waals surface area contributed by atoms with Gasteiger partial charge in [0.2, 0.25) is 0 Å². The molecule has 1 rings (SSSR count). The fourth-order valence-corrected chi connectivity index (χ4v) is 1.76. The van der Waals surface area contributed by atoms with Crippen LogP contribution in [0.4, 0.5) is 0 Å². The summed E-state index contributed by atoms with van der Waals surface area (Å²) in [4.78, 5) is 10.9. The normalized spacial score (nSPS) is 12.5. The van der Waals surface area contributed by atoms with Gasteiger partial charge in [-0.05, 0) is 30.4 Å². The summed E-state index contributed by atoms with van der Waals surface area (Å²) in [5.74, 6) is 0.0278. The largest absolute Gasteiger partial charge is 0.508 e. The molecule has 1 aromatic carbocycles. The van der Waals surface area contributed by atoms with Crippen LogP contribution >= 0.6 is 0 Å². The molecular weight excluding hydrogens is 192 g/mol. The predicted octanol–water partition coefficient (Wildman–Crippen LogP) is 2.73. The Morgan fingerprint density at radius 3 is 2.47 bits per heavy atom. The number of phenolic OH excluding ortho intramolecular Hbond substituents is 2. The molecule has 3 heteroatoms. The van der Waals surface area contributed by atoms with Crippen molar-refractivity contribution in [3.63, 3.8) is 0 Å². The number of carbonyl (C=O) groups excluding carboxylic acids is 1. The maximum atomic E-state index is 10.9. The predicted molar refractivity (Wildman–Crippen MR) is 58.6 cm³/mol. The van der Waals surface area contributed by atoms with Gasteiger partial charge in [0.1, 0.15) is 11.5 Å². The Bertz CT molecular complexity index is 383. The molecule has 0 saturated heterocycles. The lowest BCUT2D eigenvalue weighted by molar-refractivity contribution is 0.111. The lowest BCUT2D eigenvalue weighted by Gasteiger charge is -2.17. The van der Waals surface area contributed by atoms with Crippen molar-refractivity contribution in [1.29, 1.82) is 0 Å². The monoisotopic (exact) mass is 208 g/mol. The third kappa shape index (κ3) is 1.96. The molecule has 0 aliphatic rings. The number of rotatable bonds is 3. The van der Waals surface area contributed by atoms with Gasteiger partial charge in [-0.15, -0.1) is 0 Å². The Kier molecular flexibility index (Phi) is 3.35. The van der Waals surface area contributed by atoms with Gasteiger partial charge in [0.15, 0.2) is 6.29 Å². The average Bonchev–Trinajstić information content (AvgIpc) is 2.21. The second kappa shape index (κ2) is 4.34. The topological polar surface area (TPSA) is 57.5 Å². The highest BCUT2D eigenvalue weighted by Crippen LogP contribution is 2.36. The van der Waals surface area contributed by atoms with Gasteiger partial charge in [0.05, 0.1) is 5.56 Å². The maximum Gasteiger partial charge on any atom is 0.154 e. The van der Waals surface area contributed by atoms with E-state index in [2.05, 4.69) is 0 Å². The van der Waals surface area contributed by atoms with E-state index in [1.54, 1.807) is 6.92 Å². The summed E-state index contributed by atoms with van der Waals surface area (Å²) in [5.41, 5.74) is 1.70. The molecule has 0 saturated carbocycles. The third-order valence-corrected chi connectivity index (χ3v) is 2.85. The fourth-order valence-electron chi connectivity index (χ4n) is 1.76. The lowest BCUT2D eigenvalue weighted by atomic mass is 9.89. The molecule has 2 N–H and O–H groups in total. The Labute approximate surface area is 89.4 Å². The summed E-state index contributed by atoms with van der Waals surface area (Å²) in [7, 11) is 0. The lowest BCUT2D eigenvalue weighted by Crippen LogP contribution is -2.01. The van der Waals surface area contributed by atoms with Crippen molar-refractivity contribution in [1.82, 2.24) is 0 Å². The van der Waals surface area contributed by atoms with E-state index in [0.29, 0.717) is 17.4 Å². The molecular formula is C12H16O3. The van der Waals surface area contributed by atoms with Crippen molar-refractivity contribution in [2.75, 3.05) is 0 Å². The summed E-state index contributed by atoms with van der Waals surface area (Å²) in [5, 5.41) is 19.1. The summed E-state index contributed by atoms with van der Waals surface area (Å²) >= 11 is 0. The molecule has 82 valence electrons. The molecule has 0 aliphatic carbocycles. The molecule has 1 aromatic rings. The van der Waals surface area contributed by atoms with Gasteiger partial charge in [-0.1, -0.05) is 13.8 Å². The van der Waals surface area contributed by atoms with Gasteiger partial charge in [0, 0.05) is 6.07 Å². The van der Waals surface area contributed by atoms with Crippen LogP contribution in [0.25, 0.3) is 0 Å². The summed E-state index contributed by atoms with van der Waals surface area (Å²) in [6.07, 6.45) is 1.49. The first-order valence-corrected chi connectivity index (χ1v) is 5.03. The quantitative estimate of drug-likeness (QED) is 0.751. The van der Waals surface area contributed by atoms with E-state index < -0.39 is 0 Å². The minimum Gasteiger partial charge on any atom is -0.508 e.